The molecule has 0 N–H and O–H groups in total. The molecule has 3 nitrogen and oxygen atoms in total. The average molecular weight is 304 g/mol. The molecule has 0 bridgehead atoms. The lowest BCUT2D eigenvalue weighted by atomic mass is 10.2. The number of alkyl halides is 1. The third kappa shape index (κ3) is 2.29. The van der Waals surface area contributed by atoms with Gasteiger partial charge in [-0.3, -0.25) is 4.57 Å². The number of halogens is 2. The second kappa shape index (κ2) is 5.11. The molecule has 0 amide bonds. The zero-order chi connectivity index (χ0) is 15.1. The van der Waals surface area contributed by atoms with Gasteiger partial charge < -0.3 is 0 Å². The van der Waals surface area contributed by atoms with Crippen LogP contribution in [0.4, 0.5) is 4.39 Å². The van der Waals surface area contributed by atoms with Gasteiger partial charge in [0.15, 0.2) is 5.65 Å². The summed E-state index contributed by atoms with van der Waals surface area (Å²) in [5.74, 6) is 0.278. The van der Waals surface area contributed by atoms with Gasteiger partial charge in [-0.25, -0.2) is 14.4 Å². The first-order valence-electron chi connectivity index (χ1n) is 6.73. The maximum atomic E-state index is 14.3. The SMILES string of the molecule is Cc1ccc(F)c(-n2c(C(C)Cl)nc3c(C)ccnc32)c1. The smallest absolute Gasteiger partial charge is 0.165 e. The summed E-state index contributed by atoms with van der Waals surface area (Å²) < 4.78 is 16.0. The van der Waals surface area contributed by atoms with Crippen molar-refractivity contribution >= 4 is 22.8 Å². The Balaban J connectivity index is 2.42. The van der Waals surface area contributed by atoms with Gasteiger partial charge in [-0.05, 0) is 50.1 Å². The molecule has 1 unspecified atom stereocenters. The van der Waals surface area contributed by atoms with Crippen molar-refractivity contribution in [3.8, 4) is 5.69 Å². The van der Waals surface area contributed by atoms with E-state index in [0.717, 1.165) is 16.6 Å². The van der Waals surface area contributed by atoms with Crippen LogP contribution in [0.1, 0.15) is 29.3 Å². The molecular formula is C16H15ClFN3. The van der Waals surface area contributed by atoms with Crippen molar-refractivity contribution in [2.24, 2.45) is 0 Å². The van der Waals surface area contributed by atoms with Crippen LogP contribution in [0, 0.1) is 19.7 Å². The number of benzene rings is 1. The molecule has 21 heavy (non-hydrogen) atoms. The maximum Gasteiger partial charge on any atom is 0.165 e. The molecule has 3 rings (SSSR count). The number of hydrogen-bond acceptors (Lipinski definition) is 2. The van der Waals surface area contributed by atoms with Crippen molar-refractivity contribution in [3.05, 3.63) is 53.2 Å². The van der Waals surface area contributed by atoms with E-state index in [2.05, 4.69) is 9.97 Å². The minimum atomic E-state index is -0.349. The van der Waals surface area contributed by atoms with E-state index >= 15 is 0 Å². The third-order valence-corrected chi connectivity index (χ3v) is 3.67. The van der Waals surface area contributed by atoms with Crippen molar-refractivity contribution in [2.75, 3.05) is 0 Å². The first-order chi connectivity index (χ1) is 9.99. The van der Waals surface area contributed by atoms with Crippen LogP contribution in [-0.2, 0) is 0 Å². The van der Waals surface area contributed by atoms with Crippen LogP contribution in [-0.4, -0.2) is 14.5 Å². The summed E-state index contributed by atoms with van der Waals surface area (Å²) in [6.07, 6.45) is 1.70. The van der Waals surface area contributed by atoms with Crippen molar-refractivity contribution < 1.29 is 4.39 Å². The molecule has 108 valence electrons. The Labute approximate surface area is 127 Å². The number of imidazole rings is 1. The zero-order valence-corrected chi connectivity index (χ0v) is 12.8. The number of aromatic nitrogens is 3. The minimum Gasteiger partial charge on any atom is -0.276 e. The molecule has 2 heterocycles. The topological polar surface area (TPSA) is 30.7 Å². The van der Waals surface area contributed by atoms with Gasteiger partial charge in [0.25, 0.3) is 0 Å². The zero-order valence-electron chi connectivity index (χ0n) is 12.1. The van der Waals surface area contributed by atoms with Crippen molar-refractivity contribution in [3.63, 3.8) is 0 Å². The minimum absolute atomic E-state index is 0.318. The Morgan fingerprint density at radius 1 is 1.24 bits per heavy atom. The second-order valence-corrected chi connectivity index (χ2v) is 5.83. The lowest BCUT2D eigenvalue weighted by Crippen LogP contribution is -2.05. The van der Waals surface area contributed by atoms with E-state index in [1.807, 2.05) is 26.8 Å². The summed E-state index contributed by atoms with van der Waals surface area (Å²) in [6, 6.07) is 6.85. The summed E-state index contributed by atoms with van der Waals surface area (Å²) in [7, 11) is 0. The predicted molar refractivity (Wildman–Crippen MR) is 82.6 cm³/mol. The molecule has 2 aromatic heterocycles. The molecule has 0 saturated carbocycles. The van der Waals surface area contributed by atoms with Gasteiger partial charge in [0.1, 0.15) is 17.2 Å². The van der Waals surface area contributed by atoms with Crippen LogP contribution >= 0.6 is 11.6 Å². The van der Waals surface area contributed by atoms with E-state index < -0.39 is 0 Å². The molecule has 3 aromatic rings. The van der Waals surface area contributed by atoms with Crippen molar-refractivity contribution in [1.29, 1.82) is 0 Å². The standard InChI is InChI=1S/C16H15ClFN3/c1-9-4-5-12(18)13(8-9)21-15(11(3)17)20-14-10(2)6-7-19-16(14)21/h4-8,11H,1-3H3. The van der Waals surface area contributed by atoms with E-state index in [1.54, 1.807) is 22.9 Å². The van der Waals surface area contributed by atoms with Crippen LogP contribution in [0.3, 0.4) is 0 Å². The Morgan fingerprint density at radius 2 is 2.00 bits per heavy atom. The highest BCUT2D eigenvalue weighted by molar-refractivity contribution is 6.20. The van der Waals surface area contributed by atoms with Gasteiger partial charge in [0.05, 0.1) is 11.1 Å². The molecule has 0 saturated heterocycles. The molecule has 0 fully saturated rings. The predicted octanol–water partition coefficient (Wildman–Crippen LogP) is 4.48. The Morgan fingerprint density at radius 3 is 2.71 bits per heavy atom. The number of fused-ring (bicyclic) bond motifs is 1. The molecule has 0 radical (unpaired) electrons. The van der Waals surface area contributed by atoms with Crippen molar-refractivity contribution in [2.45, 2.75) is 26.1 Å². The highest BCUT2D eigenvalue weighted by Gasteiger charge is 2.20. The molecule has 1 aromatic carbocycles. The van der Waals surface area contributed by atoms with Gasteiger partial charge in [0, 0.05) is 6.20 Å². The Hall–Kier alpha value is -1.94. The molecule has 0 aliphatic carbocycles. The van der Waals surface area contributed by atoms with Gasteiger partial charge in [0.2, 0.25) is 0 Å². The fourth-order valence-electron chi connectivity index (χ4n) is 2.41. The van der Waals surface area contributed by atoms with E-state index in [9.17, 15) is 4.39 Å². The van der Waals surface area contributed by atoms with E-state index in [0.29, 0.717) is 17.2 Å². The molecule has 0 aliphatic heterocycles. The van der Waals surface area contributed by atoms with Crippen LogP contribution in [0.5, 0.6) is 0 Å². The van der Waals surface area contributed by atoms with Gasteiger partial charge in [-0.1, -0.05) is 6.07 Å². The van der Waals surface area contributed by atoms with E-state index in [-0.39, 0.29) is 11.2 Å². The highest BCUT2D eigenvalue weighted by Crippen LogP contribution is 2.29. The first kappa shape index (κ1) is 14.0. The number of nitrogens with zero attached hydrogens (tertiary/aromatic N) is 3. The summed E-state index contributed by atoms with van der Waals surface area (Å²) in [5, 5.41) is -0.349. The Kier molecular flexibility index (Phi) is 3.41. The van der Waals surface area contributed by atoms with Gasteiger partial charge in [-0.2, -0.15) is 0 Å². The maximum absolute atomic E-state index is 14.3. The number of pyridine rings is 1. The molecular weight excluding hydrogens is 289 g/mol. The van der Waals surface area contributed by atoms with Crippen LogP contribution in [0.25, 0.3) is 16.9 Å². The molecule has 1 atom stereocenters. The number of aryl methyl sites for hydroxylation is 2. The van der Waals surface area contributed by atoms with Crippen molar-refractivity contribution in [1.82, 2.24) is 14.5 Å². The average Bonchev–Trinajstić information content (AvgIpc) is 2.82. The quantitative estimate of drug-likeness (QED) is 0.654. The third-order valence-electron chi connectivity index (χ3n) is 3.47. The van der Waals surface area contributed by atoms with Crippen LogP contribution in [0.2, 0.25) is 0 Å². The van der Waals surface area contributed by atoms with Gasteiger partial charge in [-0.15, -0.1) is 11.6 Å². The monoisotopic (exact) mass is 303 g/mol. The summed E-state index contributed by atoms with van der Waals surface area (Å²) in [5.41, 5.74) is 3.76. The Bertz CT molecular complexity index is 824. The van der Waals surface area contributed by atoms with Crippen LogP contribution < -0.4 is 0 Å². The largest absolute Gasteiger partial charge is 0.276 e. The van der Waals surface area contributed by atoms with Crippen LogP contribution in [0.15, 0.2) is 30.5 Å². The lowest BCUT2D eigenvalue weighted by molar-refractivity contribution is 0.615. The number of hydrogen-bond donors (Lipinski definition) is 0. The molecule has 0 aliphatic rings. The molecule has 0 spiro atoms. The second-order valence-electron chi connectivity index (χ2n) is 5.18. The number of rotatable bonds is 2. The van der Waals surface area contributed by atoms with E-state index in [4.69, 9.17) is 11.6 Å². The lowest BCUT2D eigenvalue weighted by Gasteiger charge is -2.11. The highest BCUT2D eigenvalue weighted by atomic mass is 35.5. The first-order valence-corrected chi connectivity index (χ1v) is 7.17. The summed E-state index contributed by atoms with van der Waals surface area (Å²) in [4.78, 5) is 8.93. The van der Waals surface area contributed by atoms with Gasteiger partial charge >= 0.3 is 0 Å². The summed E-state index contributed by atoms with van der Waals surface area (Å²) in [6.45, 7) is 5.70. The fraction of sp³-hybridized carbons (Fsp3) is 0.250. The summed E-state index contributed by atoms with van der Waals surface area (Å²) >= 11 is 6.24. The van der Waals surface area contributed by atoms with E-state index in [1.165, 1.54) is 6.07 Å². The fourth-order valence-corrected chi connectivity index (χ4v) is 2.56. The normalized spacial score (nSPS) is 12.8. The molecule has 5 heteroatoms.